The van der Waals surface area contributed by atoms with Gasteiger partial charge >= 0.3 is 6.61 Å². The summed E-state index contributed by atoms with van der Waals surface area (Å²) in [5, 5.41) is 0. The SMILES string of the molecule is C[C@H]1CN(S(=O)(=O)NCc2ccccc2OC(F)F)C[C@H](C)O1. The Morgan fingerprint density at radius 2 is 1.91 bits per heavy atom. The molecule has 1 aromatic rings. The van der Waals surface area contributed by atoms with Gasteiger partial charge in [0, 0.05) is 25.2 Å². The summed E-state index contributed by atoms with van der Waals surface area (Å²) in [6.07, 6.45) is -0.408. The van der Waals surface area contributed by atoms with Crippen LogP contribution in [0.25, 0.3) is 0 Å². The summed E-state index contributed by atoms with van der Waals surface area (Å²) in [7, 11) is -3.73. The van der Waals surface area contributed by atoms with E-state index in [1.54, 1.807) is 26.0 Å². The Morgan fingerprint density at radius 1 is 1.30 bits per heavy atom. The van der Waals surface area contributed by atoms with E-state index in [9.17, 15) is 17.2 Å². The maximum Gasteiger partial charge on any atom is 0.387 e. The third-order valence-electron chi connectivity index (χ3n) is 3.36. The third kappa shape index (κ3) is 5.10. The lowest BCUT2D eigenvalue weighted by atomic mass is 10.2. The van der Waals surface area contributed by atoms with E-state index in [2.05, 4.69) is 9.46 Å². The van der Waals surface area contributed by atoms with E-state index in [0.717, 1.165) is 0 Å². The lowest BCUT2D eigenvalue weighted by molar-refractivity contribution is -0.0505. The van der Waals surface area contributed by atoms with Crippen LogP contribution in [0.2, 0.25) is 0 Å². The van der Waals surface area contributed by atoms with Gasteiger partial charge < -0.3 is 9.47 Å². The molecule has 0 aromatic heterocycles. The predicted octanol–water partition coefficient (Wildman–Crippen LogP) is 1.73. The summed E-state index contributed by atoms with van der Waals surface area (Å²) in [4.78, 5) is 0. The third-order valence-corrected chi connectivity index (χ3v) is 4.85. The number of nitrogens with one attached hydrogen (secondary N) is 1. The van der Waals surface area contributed by atoms with Gasteiger partial charge in [-0.1, -0.05) is 18.2 Å². The first-order valence-corrected chi connectivity index (χ1v) is 8.65. The van der Waals surface area contributed by atoms with Gasteiger partial charge in [0.15, 0.2) is 0 Å². The number of benzene rings is 1. The molecule has 0 amide bonds. The van der Waals surface area contributed by atoms with Crippen LogP contribution >= 0.6 is 0 Å². The molecule has 23 heavy (non-hydrogen) atoms. The van der Waals surface area contributed by atoms with Crippen LogP contribution in [0.3, 0.4) is 0 Å². The summed E-state index contributed by atoms with van der Waals surface area (Å²) >= 11 is 0. The second-order valence-corrected chi connectivity index (χ2v) is 7.14. The molecule has 0 radical (unpaired) electrons. The van der Waals surface area contributed by atoms with Crippen molar-refractivity contribution in [2.45, 2.75) is 39.2 Å². The molecule has 1 heterocycles. The van der Waals surface area contributed by atoms with Crippen LogP contribution < -0.4 is 9.46 Å². The second-order valence-electron chi connectivity index (χ2n) is 5.39. The first kappa shape index (κ1) is 18.1. The number of alkyl halides is 2. The van der Waals surface area contributed by atoms with Crippen molar-refractivity contribution in [2.24, 2.45) is 0 Å². The standard InChI is InChI=1S/C14H20F2N2O4S/c1-10-8-18(9-11(2)21-10)23(19,20)17-7-12-5-3-4-6-13(12)22-14(15)16/h3-6,10-11,14,17H,7-9H2,1-2H3/t10-,11-/m0/s1. The minimum atomic E-state index is -3.73. The zero-order valence-electron chi connectivity index (χ0n) is 12.9. The molecular formula is C14H20F2N2O4S. The van der Waals surface area contributed by atoms with Gasteiger partial charge in [-0.2, -0.15) is 26.2 Å². The Bertz CT molecular complexity index is 617. The number of ether oxygens (including phenoxy) is 2. The number of morpholine rings is 1. The van der Waals surface area contributed by atoms with Crippen LogP contribution in [0.4, 0.5) is 8.78 Å². The molecule has 0 spiro atoms. The minimum Gasteiger partial charge on any atom is -0.434 e. The van der Waals surface area contributed by atoms with Crippen LogP contribution in [0.1, 0.15) is 19.4 Å². The monoisotopic (exact) mass is 350 g/mol. The highest BCUT2D eigenvalue weighted by Crippen LogP contribution is 2.21. The molecule has 6 nitrogen and oxygen atoms in total. The van der Waals surface area contributed by atoms with Crippen molar-refractivity contribution < 1.29 is 26.7 Å². The summed E-state index contributed by atoms with van der Waals surface area (Å²) in [6, 6.07) is 6.07. The average Bonchev–Trinajstić information content (AvgIpc) is 2.45. The lowest BCUT2D eigenvalue weighted by Crippen LogP contribution is -2.51. The summed E-state index contributed by atoms with van der Waals surface area (Å²) in [5.41, 5.74) is 0.339. The van der Waals surface area contributed by atoms with Gasteiger partial charge in [0.25, 0.3) is 10.2 Å². The quantitative estimate of drug-likeness (QED) is 0.848. The van der Waals surface area contributed by atoms with Crippen LogP contribution in [0, 0.1) is 0 Å². The van der Waals surface area contributed by atoms with Gasteiger partial charge in [0.2, 0.25) is 0 Å². The molecular weight excluding hydrogens is 330 g/mol. The number of rotatable bonds is 6. The zero-order valence-corrected chi connectivity index (χ0v) is 13.7. The number of hydrogen-bond acceptors (Lipinski definition) is 4. The van der Waals surface area contributed by atoms with E-state index in [4.69, 9.17) is 4.74 Å². The number of para-hydroxylation sites is 1. The zero-order chi connectivity index (χ0) is 17.0. The van der Waals surface area contributed by atoms with Crippen LogP contribution in [0.5, 0.6) is 5.75 Å². The van der Waals surface area contributed by atoms with E-state index < -0.39 is 16.8 Å². The molecule has 1 fully saturated rings. The van der Waals surface area contributed by atoms with Gasteiger partial charge in [0.1, 0.15) is 5.75 Å². The maximum absolute atomic E-state index is 12.4. The van der Waals surface area contributed by atoms with Gasteiger partial charge in [-0.05, 0) is 19.9 Å². The smallest absolute Gasteiger partial charge is 0.387 e. The fraction of sp³-hybridized carbons (Fsp3) is 0.571. The number of nitrogens with zero attached hydrogens (tertiary/aromatic N) is 1. The highest BCUT2D eigenvalue weighted by Gasteiger charge is 2.30. The first-order chi connectivity index (χ1) is 10.8. The van der Waals surface area contributed by atoms with Gasteiger partial charge in [0.05, 0.1) is 12.2 Å². The lowest BCUT2D eigenvalue weighted by Gasteiger charge is -2.34. The molecule has 0 saturated carbocycles. The van der Waals surface area contributed by atoms with E-state index in [-0.39, 0.29) is 37.6 Å². The summed E-state index contributed by atoms with van der Waals surface area (Å²) in [6.45, 7) is 0.983. The highest BCUT2D eigenvalue weighted by atomic mass is 32.2. The van der Waals surface area contributed by atoms with Gasteiger partial charge in [-0.3, -0.25) is 0 Å². The maximum atomic E-state index is 12.4. The Labute approximate surface area is 134 Å². The Balaban J connectivity index is 2.05. The normalized spacial score (nSPS) is 23.2. The van der Waals surface area contributed by atoms with Crippen molar-refractivity contribution in [2.75, 3.05) is 13.1 Å². The van der Waals surface area contributed by atoms with E-state index in [1.165, 1.54) is 16.4 Å². The molecule has 1 N–H and O–H groups in total. The van der Waals surface area contributed by atoms with E-state index >= 15 is 0 Å². The van der Waals surface area contributed by atoms with Gasteiger partial charge in [-0.25, -0.2) is 0 Å². The molecule has 1 aliphatic rings. The molecule has 0 aliphatic carbocycles. The van der Waals surface area contributed by atoms with E-state index in [0.29, 0.717) is 5.56 Å². The molecule has 0 bridgehead atoms. The molecule has 2 rings (SSSR count). The fourth-order valence-electron chi connectivity index (χ4n) is 2.45. The van der Waals surface area contributed by atoms with Crippen LogP contribution in [-0.4, -0.2) is 44.6 Å². The Hall–Kier alpha value is -1.29. The van der Waals surface area contributed by atoms with Crippen molar-refractivity contribution in [3.05, 3.63) is 29.8 Å². The molecule has 9 heteroatoms. The predicted molar refractivity (Wildman–Crippen MR) is 80.4 cm³/mol. The molecule has 1 saturated heterocycles. The molecule has 1 aliphatic heterocycles. The van der Waals surface area contributed by atoms with Crippen molar-refractivity contribution in [1.82, 2.24) is 9.03 Å². The molecule has 1 aromatic carbocycles. The Kier molecular flexibility index (Phi) is 5.90. The van der Waals surface area contributed by atoms with Crippen molar-refractivity contribution in [3.63, 3.8) is 0 Å². The highest BCUT2D eigenvalue weighted by molar-refractivity contribution is 7.87. The summed E-state index contributed by atoms with van der Waals surface area (Å²) < 4.78 is 63.0. The number of hydrogen-bond donors (Lipinski definition) is 1. The largest absolute Gasteiger partial charge is 0.434 e. The second kappa shape index (κ2) is 7.52. The van der Waals surface area contributed by atoms with Gasteiger partial charge in [-0.15, -0.1) is 0 Å². The van der Waals surface area contributed by atoms with Crippen molar-refractivity contribution in [3.8, 4) is 5.75 Å². The molecule has 0 unspecified atom stereocenters. The molecule has 130 valence electrons. The fourth-order valence-corrected chi connectivity index (χ4v) is 3.78. The summed E-state index contributed by atoms with van der Waals surface area (Å²) in [5.74, 6) is -0.0473. The number of halogens is 2. The first-order valence-electron chi connectivity index (χ1n) is 7.21. The molecule has 2 atom stereocenters. The van der Waals surface area contributed by atoms with Crippen molar-refractivity contribution in [1.29, 1.82) is 0 Å². The topological polar surface area (TPSA) is 67.9 Å². The van der Waals surface area contributed by atoms with Crippen LogP contribution in [-0.2, 0) is 21.5 Å². The van der Waals surface area contributed by atoms with Crippen LogP contribution in [0.15, 0.2) is 24.3 Å². The van der Waals surface area contributed by atoms with Crippen molar-refractivity contribution >= 4 is 10.2 Å². The Morgan fingerprint density at radius 3 is 2.52 bits per heavy atom. The average molecular weight is 350 g/mol. The minimum absolute atomic E-state index is 0.0473. The van der Waals surface area contributed by atoms with E-state index in [1.807, 2.05) is 0 Å².